The van der Waals surface area contributed by atoms with Crippen LogP contribution in [0, 0.1) is 11.2 Å². The maximum atomic E-state index is 13.0. The van der Waals surface area contributed by atoms with Gasteiger partial charge >= 0.3 is 0 Å². The first kappa shape index (κ1) is 14.0. The molecule has 3 rings (SSSR count). The molecular weight excluding hydrogens is 275 g/mol. The highest BCUT2D eigenvalue weighted by Gasteiger charge is 2.57. The van der Waals surface area contributed by atoms with Crippen molar-refractivity contribution in [2.45, 2.75) is 18.9 Å². The summed E-state index contributed by atoms with van der Waals surface area (Å²) in [5.41, 5.74) is 5.17. The Labute approximate surface area is 121 Å². The SMILES string of the molecule is NC(=O)C1(C(=O)N2CCO[C@@H](c3ccc(F)cc3)C2)CC1. The van der Waals surface area contributed by atoms with E-state index in [1.165, 1.54) is 12.1 Å². The minimum atomic E-state index is -0.995. The second-order valence-electron chi connectivity index (χ2n) is 5.61. The lowest BCUT2D eigenvalue weighted by Gasteiger charge is -2.34. The smallest absolute Gasteiger partial charge is 0.238 e. The highest BCUT2D eigenvalue weighted by Crippen LogP contribution is 2.47. The third-order valence-corrected chi connectivity index (χ3v) is 4.23. The van der Waals surface area contributed by atoms with E-state index in [1.807, 2.05) is 0 Å². The number of carbonyl (C=O) groups is 2. The lowest BCUT2D eigenvalue weighted by atomic mass is 10.0. The van der Waals surface area contributed by atoms with Crippen LogP contribution in [0.15, 0.2) is 24.3 Å². The fourth-order valence-corrected chi connectivity index (χ4v) is 2.71. The molecule has 2 amide bonds. The van der Waals surface area contributed by atoms with E-state index < -0.39 is 11.3 Å². The molecule has 0 bridgehead atoms. The van der Waals surface area contributed by atoms with Crippen LogP contribution in [0.1, 0.15) is 24.5 Å². The normalized spacial score (nSPS) is 23.7. The van der Waals surface area contributed by atoms with E-state index in [9.17, 15) is 14.0 Å². The highest BCUT2D eigenvalue weighted by atomic mass is 19.1. The van der Waals surface area contributed by atoms with Gasteiger partial charge in [-0.25, -0.2) is 4.39 Å². The number of benzene rings is 1. The molecule has 1 aliphatic heterocycles. The third-order valence-electron chi connectivity index (χ3n) is 4.23. The summed E-state index contributed by atoms with van der Waals surface area (Å²) in [6.07, 6.45) is 0.756. The molecule has 1 heterocycles. The van der Waals surface area contributed by atoms with Crippen LogP contribution < -0.4 is 5.73 Å². The van der Waals surface area contributed by atoms with Crippen molar-refractivity contribution < 1.29 is 18.7 Å². The van der Waals surface area contributed by atoms with E-state index in [4.69, 9.17) is 10.5 Å². The molecule has 0 aromatic heterocycles. The van der Waals surface area contributed by atoms with Crippen molar-refractivity contribution in [3.63, 3.8) is 0 Å². The minimum Gasteiger partial charge on any atom is -0.370 e. The number of rotatable bonds is 3. The lowest BCUT2D eigenvalue weighted by molar-refractivity contribution is -0.149. The summed E-state index contributed by atoms with van der Waals surface area (Å²) in [5.74, 6) is -1.06. The van der Waals surface area contributed by atoms with E-state index in [1.54, 1.807) is 17.0 Å². The number of halogens is 1. The topological polar surface area (TPSA) is 72.6 Å². The predicted octanol–water partition coefficient (Wildman–Crippen LogP) is 0.991. The van der Waals surface area contributed by atoms with Crippen LogP contribution in [0.5, 0.6) is 0 Å². The number of nitrogens with zero attached hydrogens (tertiary/aromatic N) is 1. The molecular formula is C15H17FN2O3. The van der Waals surface area contributed by atoms with Gasteiger partial charge in [0.05, 0.1) is 13.2 Å². The molecule has 112 valence electrons. The van der Waals surface area contributed by atoms with E-state index >= 15 is 0 Å². The fraction of sp³-hybridized carbons (Fsp3) is 0.467. The molecule has 0 radical (unpaired) electrons. The molecule has 6 heteroatoms. The van der Waals surface area contributed by atoms with Crippen molar-refractivity contribution in [3.8, 4) is 0 Å². The summed E-state index contributed by atoms with van der Waals surface area (Å²) in [7, 11) is 0. The van der Waals surface area contributed by atoms with Crippen molar-refractivity contribution in [2.24, 2.45) is 11.1 Å². The first-order valence-corrected chi connectivity index (χ1v) is 6.99. The minimum absolute atomic E-state index is 0.203. The Morgan fingerprint density at radius 1 is 1.29 bits per heavy atom. The molecule has 1 aromatic rings. The first-order valence-electron chi connectivity index (χ1n) is 6.99. The van der Waals surface area contributed by atoms with Gasteiger partial charge in [-0.3, -0.25) is 9.59 Å². The number of amides is 2. The zero-order chi connectivity index (χ0) is 15.0. The average Bonchev–Trinajstić information content (AvgIpc) is 3.29. The number of nitrogens with two attached hydrogens (primary N) is 1. The van der Waals surface area contributed by atoms with Gasteiger partial charge in [-0.15, -0.1) is 0 Å². The third kappa shape index (κ3) is 2.51. The zero-order valence-electron chi connectivity index (χ0n) is 11.5. The van der Waals surface area contributed by atoms with Crippen molar-refractivity contribution in [3.05, 3.63) is 35.6 Å². The summed E-state index contributed by atoms with van der Waals surface area (Å²) in [6.45, 7) is 1.20. The Kier molecular flexibility index (Phi) is 3.41. The van der Waals surface area contributed by atoms with Crippen molar-refractivity contribution >= 4 is 11.8 Å². The van der Waals surface area contributed by atoms with Crippen LogP contribution in [-0.2, 0) is 14.3 Å². The maximum Gasteiger partial charge on any atom is 0.238 e. The van der Waals surface area contributed by atoms with Crippen molar-refractivity contribution in [1.29, 1.82) is 0 Å². The van der Waals surface area contributed by atoms with Crippen molar-refractivity contribution in [2.75, 3.05) is 19.7 Å². The molecule has 1 saturated heterocycles. The second-order valence-corrected chi connectivity index (χ2v) is 5.61. The quantitative estimate of drug-likeness (QED) is 0.844. The number of hydrogen-bond donors (Lipinski definition) is 1. The van der Waals surface area contributed by atoms with Crippen LogP contribution in [0.25, 0.3) is 0 Å². The molecule has 1 aliphatic carbocycles. The van der Waals surface area contributed by atoms with Crippen LogP contribution in [0.3, 0.4) is 0 Å². The molecule has 1 aromatic carbocycles. The molecule has 1 atom stereocenters. The van der Waals surface area contributed by atoms with E-state index in [0.717, 1.165) is 5.56 Å². The van der Waals surface area contributed by atoms with E-state index in [0.29, 0.717) is 32.5 Å². The first-order chi connectivity index (χ1) is 10.0. The average molecular weight is 292 g/mol. The van der Waals surface area contributed by atoms with Gasteiger partial charge in [0.2, 0.25) is 11.8 Å². The summed E-state index contributed by atoms with van der Waals surface area (Å²) < 4.78 is 18.6. The zero-order valence-corrected chi connectivity index (χ0v) is 11.5. The molecule has 2 N–H and O–H groups in total. The van der Waals surface area contributed by atoms with Gasteiger partial charge in [-0.2, -0.15) is 0 Å². The molecule has 5 nitrogen and oxygen atoms in total. The number of hydrogen-bond acceptors (Lipinski definition) is 3. The summed E-state index contributed by atoms with van der Waals surface area (Å²) in [4.78, 5) is 25.6. The summed E-state index contributed by atoms with van der Waals surface area (Å²) in [6, 6.07) is 6.03. The van der Waals surface area contributed by atoms with E-state index in [2.05, 4.69) is 0 Å². The highest BCUT2D eigenvalue weighted by molar-refractivity contribution is 6.07. The van der Waals surface area contributed by atoms with Gasteiger partial charge in [0.15, 0.2) is 0 Å². The molecule has 21 heavy (non-hydrogen) atoms. The predicted molar refractivity (Wildman–Crippen MR) is 72.5 cm³/mol. The molecule has 0 spiro atoms. The van der Waals surface area contributed by atoms with Gasteiger partial charge in [-0.1, -0.05) is 12.1 Å². The molecule has 2 aliphatic rings. The Balaban J connectivity index is 1.73. The Morgan fingerprint density at radius 3 is 2.52 bits per heavy atom. The van der Waals surface area contributed by atoms with Gasteiger partial charge < -0.3 is 15.4 Å². The Bertz CT molecular complexity index is 569. The van der Waals surface area contributed by atoms with Gasteiger partial charge in [0.1, 0.15) is 17.3 Å². The molecule has 2 fully saturated rings. The second kappa shape index (κ2) is 5.11. The number of primary amides is 1. The van der Waals surface area contributed by atoms with Crippen LogP contribution >= 0.6 is 0 Å². The lowest BCUT2D eigenvalue weighted by Crippen LogP contribution is -2.48. The number of carbonyl (C=O) groups excluding carboxylic acids is 2. The van der Waals surface area contributed by atoms with Gasteiger partial charge in [0, 0.05) is 6.54 Å². The molecule has 0 unspecified atom stereocenters. The Hall–Kier alpha value is -1.95. The van der Waals surface area contributed by atoms with E-state index in [-0.39, 0.29) is 17.8 Å². The number of ether oxygens (including phenoxy) is 1. The number of morpholine rings is 1. The maximum absolute atomic E-state index is 13.0. The Morgan fingerprint density at radius 2 is 1.95 bits per heavy atom. The standard InChI is InChI=1S/C15H17FN2O3/c16-11-3-1-10(2-4-11)12-9-18(7-8-21-12)14(20)15(5-6-15)13(17)19/h1-4,12H,5-9H2,(H2,17,19)/t12-/m1/s1. The van der Waals surface area contributed by atoms with Gasteiger partial charge in [-0.05, 0) is 30.5 Å². The van der Waals surface area contributed by atoms with Crippen LogP contribution in [0.4, 0.5) is 4.39 Å². The largest absolute Gasteiger partial charge is 0.370 e. The van der Waals surface area contributed by atoms with Crippen LogP contribution in [-0.4, -0.2) is 36.4 Å². The van der Waals surface area contributed by atoms with Crippen molar-refractivity contribution in [1.82, 2.24) is 4.90 Å². The van der Waals surface area contributed by atoms with Crippen LogP contribution in [0.2, 0.25) is 0 Å². The summed E-state index contributed by atoms with van der Waals surface area (Å²) in [5, 5.41) is 0. The monoisotopic (exact) mass is 292 g/mol. The van der Waals surface area contributed by atoms with Gasteiger partial charge in [0.25, 0.3) is 0 Å². The summed E-state index contributed by atoms with van der Waals surface area (Å²) >= 11 is 0. The fourth-order valence-electron chi connectivity index (χ4n) is 2.71. The molecule has 1 saturated carbocycles.